The van der Waals surface area contributed by atoms with Crippen LogP contribution in [0.2, 0.25) is 5.02 Å². The zero-order valence-electron chi connectivity index (χ0n) is 16.6. The standard InChI is InChI=1S/C21H24ClN3O4S/c1-15-4-10-19(11-5-15)30(28,29)25-12-2-3-18(25)14-24-21(27)20(26)23-13-16-6-8-17(22)9-7-16/h4-11,18H,2-3,12-14H2,1H3,(H,23,26)(H,24,27)/t18-/m1/s1. The number of hydrogen-bond donors (Lipinski definition) is 2. The number of aryl methyl sites for hydroxylation is 1. The minimum Gasteiger partial charge on any atom is -0.346 e. The number of carbonyl (C=O) groups is 2. The molecule has 0 spiro atoms. The quantitative estimate of drug-likeness (QED) is 0.661. The van der Waals surface area contributed by atoms with E-state index in [2.05, 4.69) is 10.6 Å². The second-order valence-corrected chi connectivity index (χ2v) is 9.57. The van der Waals surface area contributed by atoms with Crippen molar-refractivity contribution in [1.29, 1.82) is 0 Å². The van der Waals surface area contributed by atoms with Crippen molar-refractivity contribution in [1.82, 2.24) is 14.9 Å². The topological polar surface area (TPSA) is 95.6 Å². The van der Waals surface area contributed by atoms with Crippen LogP contribution < -0.4 is 10.6 Å². The van der Waals surface area contributed by atoms with Gasteiger partial charge < -0.3 is 10.6 Å². The van der Waals surface area contributed by atoms with Gasteiger partial charge in [0.1, 0.15) is 0 Å². The fraction of sp³-hybridized carbons (Fsp3) is 0.333. The number of nitrogens with zero attached hydrogens (tertiary/aromatic N) is 1. The normalized spacial score (nSPS) is 16.9. The van der Waals surface area contributed by atoms with Gasteiger partial charge in [0, 0.05) is 30.7 Å². The summed E-state index contributed by atoms with van der Waals surface area (Å²) in [6.07, 6.45) is 1.33. The molecule has 2 aromatic carbocycles. The van der Waals surface area contributed by atoms with Gasteiger partial charge in [0.15, 0.2) is 0 Å². The third-order valence-electron chi connectivity index (χ3n) is 5.02. The lowest BCUT2D eigenvalue weighted by atomic mass is 10.2. The van der Waals surface area contributed by atoms with E-state index in [9.17, 15) is 18.0 Å². The van der Waals surface area contributed by atoms with Gasteiger partial charge in [-0.25, -0.2) is 8.42 Å². The van der Waals surface area contributed by atoms with Gasteiger partial charge in [0.05, 0.1) is 4.90 Å². The second-order valence-electron chi connectivity index (χ2n) is 7.24. The van der Waals surface area contributed by atoms with Crippen molar-refractivity contribution >= 4 is 33.4 Å². The molecule has 2 amide bonds. The van der Waals surface area contributed by atoms with E-state index in [-0.39, 0.29) is 24.0 Å². The molecule has 2 N–H and O–H groups in total. The largest absolute Gasteiger partial charge is 0.346 e. The summed E-state index contributed by atoms with van der Waals surface area (Å²) < 4.78 is 27.3. The van der Waals surface area contributed by atoms with Crippen molar-refractivity contribution < 1.29 is 18.0 Å². The summed E-state index contributed by atoms with van der Waals surface area (Å²) >= 11 is 5.82. The number of sulfonamides is 1. The van der Waals surface area contributed by atoms with Crippen molar-refractivity contribution in [3.05, 3.63) is 64.7 Å². The van der Waals surface area contributed by atoms with E-state index in [0.29, 0.717) is 24.4 Å². The first kappa shape index (κ1) is 22.3. The molecule has 2 aromatic rings. The highest BCUT2D eigenvalue weighted by Crippen LogP contribution is 2.26. The van der Waals surface area contributed by atoms with Crippen molar-refractivity contribution in [2.45, 2.75) is 37.2 Å². The second kappa shape index (κ2) is 9.59. The average Bonchev–Trinajstić information content (AvgIpc) is 3.21. The summed E-state index contributed by atoms with van der Waals surface area (Å²) in [5.41, 5.74) is 1.79. The zero-order chi connectivity index (χ0) is 21.7. The molecular weight excluding hydrogens is 426 g/mol. The van der Waals surface area contributed by atoms with Crippen LogP contribution in [-0.4, -0.2) is 43.7 Å². The molecule has 0 unspecified atom stereocenters. The Morgan fingerprint density at radius 1 is 1.03 bits per heavy atom. The Morgan fingerprint density at radius 3 is 2.33 bits per heavy atom. The lowest BCUT2D eigenvalue weighted by Gasteiger charge is -2.24. The molecule has 160 valence electrons. The number of rotatable bonds is 6. The van der Waals surface area contributed by atoms with Gasteiger partial charge in [0.25, 0.3) is 0 Å². The summed E-state index contributed by atoms with van der Waals surface area (Å²) in [6.45, 7) is 2.56. The molecular formula is C21H24ClN3O4S. The molecule has 0 saturated carbocycles. The Hall–Kier alpha value is -2.42. The minimum atomic E-state index is -3.65. The Kier molecular flexibility index (Phi) is 7.12. The van der Waals surface area contributed by atoms with Crippen LogP contribution in [0, 0.1) is 6.92 Å². The SMILES string of the molecule is Cc1ccc(S(=O)(=O)N2CCC[C@@H]2CNC(=O)C(=O)NCc2ccc(Cl)cc2)cc1. The lowest BCUT2D eigenvalue weighted by Crippen LogP contribution is -2.46. The molecule has 9 heteroatoms. The maximum absolute atomic E-state index is 12.9. The Morgan fingerprint density at radius 2 is 1.67 bits per heavy atom. The van der Waals surface area contributed by atoms with Gasteiger partial charge in [-0.15, -0.1) is 0 Å². The highest BCUT2D eigenvalue weighted by Gasteiger charge is 2.35. The average molecular weight is 450 g/mol. The number of hydrogen-bond acceptors (Lipinski definition) is 4. The summed E-state index contributed by atoms with van der Waals surface area (Å²) in [4.78, 5) is 24.4. The molecule has 0 aromatic heterocycles. The molecule has 1 fully saturated rings. The summed E-state index contributed by atoms with van der Waals surface area (Å²) in [5.74, 6) is -1.56. The molecule has 0 bridgehead atoms. The third-order valence-corrected chi connectivity index (χ3v) is 7.24. The van der Waals surface area contributed by atoms with Crippen LogP contribution in [0.3, 0.4) is 0 Å². The van der Waals surface area contributed by atoms with Crippen molar-refractivity contribution in [3.63, 3.8) is 0 Å². The van der Waals surface area contributed by atoms with Crippen molar-refractivity contribution in [2.75, 3.05) is 13.1 Å². The van der Waals surface area contributed by atoms with E-state index >= 15 is 0 Å². The van der Waals surface area contributed by atoms with Crippen LogP contribution in [0.5, 0.6) is 0 Å². The van der Waals surface area contributed by atoms with E-state index in [1.165, 1.54) is 4.31 Å². The first-order chi connectivity index (χ1) is 14.3. The van der Waals surface area contributed by atoms with E-state index in [1.54, 1.807) is 48.5 Å². The summed E-state index contributed by atoms with van der Waals surface area (Å²) in [5, 5.41) is 5.68. The predicted molar refractivity (Wildman–Crippen MR) is 114 cm³/mol. The van der Waals surface area contributed by atoms with Crippen LogP contribution in [-0.2, 0) is 26.2 Å². The number of amides is 2. The zero-order valence-corrected chi connectivity index (χ0v) is 18.2. The minimum absolute atomic E-state index is 0.0816. The predicted octanol–water partition coefficient (Wildman–Crippen LogP) is 2.23. The highest BCUT2D eigenvalue weighted by molar-refractivity contribution is 7.89. The maximum atomic E-state index is 12.9. The molecule has 1 heterocycles. The molecule has 0 radical (unpaired) electrons. The fourth-order valence-corrected chi connectivity index (χ4v) is 5.15. The third kappa shape index (κ3) is 5.38. The summed E-state index contributed by atoms with van der Waals surface area (Å²) in [7, 11) is -3.65. The van der Waals surface area contributed by atoms with E-state index in [1.807, 2.05) is 6.92 Å². The van der Waals surface area contributed by atoms with E-state index in [4.69, 9.17) is 11.6 Å². The molecule has 1 aliphatic heterocycles. The van der Waals surface area contributed by atoms with Crippen LogP contribution in [0.1, 0.15) is 24.0 Å². The lowest BCUT2D eigenvalue weighted by molar-refractivity contribution is -0.139. The molecule has 30 heavy (non-hydrogen) atoms. The van der Waals surface area contributed by atoms with Gasteiger partial charge >= 0.3 is 11.8 Å². The first-order valence-corrected chi connectivity index (χ1v) is 11.5. The monoisotopic (exact) mass is 449 g/mol. The van der Waals surface area contributed by atoms with Gasteiger partial charge in [-0.2, -0.15) is 4.31 Å². The van der Waals surface area contributed by atoms with Crippen molar-refractivity contribution in [3.8, 4) is 0 Å². The molecule has 1 saturated heterocycles. The van der Waals surface area contributed by atoms with Crippen LogP contribution in [0.4, 0.5) is 0 Å². The summed E-state index contributed by atoms with van der Waals surface area (Å²) in [6, 6.07) is 13.2. The van der Waals surface area contributed by atoms with Crippen LogP contribution in [0.25, 0.3) is 0 Å². The maximum Gasteiger partial charge on any atom is 0.309 e. The Labute approximate surface area is 181 Å². The van der Waals surface area contributed by atoms with E-state index in [0.717, 1.165) is 11.1 Å². The molecule has 3 rings (SSSR count). The van der Waals surface area contributed by atoms with Crippen LogP contribution in [0.15, 0.2) is 53.4 Å². The van der Waals surface area contributed by atoms with Crippen LogP contribution >= 0.6 is 11.6 Å². The molecule has 0 aliphatic carbocycles. The highest BCUT2D eigenvalue weighted by atomic mass is 35.5. The van der Waals surface area contributed by atoms with Crippen molar-refractivity contribution in [2.24, 2.45) is 0 Å². The smallest absolute Gasteiger partial charge is 0.309 e. The van der Waals surface area contributed by atoms with Gasteiger partial charge in [0.2, 0.25) is 10.0 Å². The first-order valence-electron chi connectivity index (χ1n) is 9.66. The molecule has 1 atom stereocenters. The number of carbonyl (C=O) groups excluding carboxylic acids is 2. The van der Waals surface area contributed by atoms with Gasteiger partial charge in [-0.1, -0.05) is 41.4 Å². The number of benzene rings is 2. The number of halogens is 1. The fourth-order valence-electron chi connectivity index (χ4n) is 3.33. The van der Waals surface area contributed by atoms with E-state index < -0.39 is 21.8 Å². The van der Waals surface area contributed by atoms with Gasteiger partial charge in [-0.3, -0.25) is 9.59 Å². The number of nitrogens with one attached hydrogen (secondary N) is 2. The Balaban J connectivity index is 1.54. The molecule has 1 aliphatic rings. The molecule has 7 nitrogen and oxygen atoms in total. The Bertz CT molecular complexity index is 1010. The van der Waals surface area contributed by atoms with Gasteiger partial charge in [-0.05, 0) is 49.6 Å².